The normalized spacial score (nSPS) is 11.1. The summed E-state index contributed by atoms with van der Waals surface area (Å²) in [6.45, 7) is 2.19. The molecule has 0 bridgehead atoms. The van der Waals surface area contributed by atoms with E-state index in [0.29, 0.717) is 18.5 Å². The lowest BCUT2D eigenvalue weighted by molar-refractivity contribution is -0.120. The van der Waals surface area contributed by atoms with Gasteiger partial charge in [-0.15, -0.1) is 0 Å². The highest BCUT2D eigenvalue weighted by Crippen LogP contribution is 2.08. The van der Waals surface area contributed by atoms with Crippen molar-refractivity contribution in [1.82, 2.24) is 5.32 Å². The largest absolute Gasteiger partial charge is 0.355 e. The summed E-state index contributed by atoms with van der Waals surface area (Å²) in [7, 11) is -3.47. The molecule has 0 atom stereocenters. The summed E-state index contributed by atoms with van der Waals surface area (Å²) in [4.78, 5) is 11.9. The maximum absolute atomic E-state index is 12.0. The molecule has 0 heterocycles. The van der Waals surface area contributed by atoms with Gasteiger partial charge in [0.2, 0.25) is 15.9 Å². The Bertz CT molecular complexity index is 772. The van der Waals surface area contributed by atoms with Crippen molar-refractivity contribution in [2.45, 2.75) is 26.2 Å². The molecule has 2 aromatic carbocycles. The molecule has 0 aromatic heterocycles. The number of hydrogen-bond donors (Lipinski definition) is 2. The predicted octanol–water partition coefficient (Wildman–Crippen LogP) is 2.74. The topological polar surface area (TPSA) is 75.3 Å². The van der Waals surface area contributed by atoms with E-state index in [2.05, 4.69) is 29.1 Å². The monoisotopic (exact) mass is 360 g/mol. The zero-order valence-corrected chi connectivity index (χ0v) is 15.2. The second kappa shape index (κ2) is 9.22. The number of carbonyl (C=O) groups is 1. The van der Waals surface area contributed by atoms with E-state index in [1.165, 1.54) is 5.56 Å². The number of nitrogens with one attached hydrogen (secondary N) is 2. The van der Waals surface area contributed by atoms with Crippen molar-refractivity contribution in [2.75, 3.05) is 17.0 Å². The number of aryl methyl sites for hydroxylation is 2. The Morgan fingerprint density at radius 1 is 0.960 bits per heavy atom. The molecular formula is C19H24N2O3S. The first-order chi connectivity index (χ1) is 12.0. The number of sulfonamides is 1. The van der Waals surface area contributed by atoms with E-state index < -0.39 is 10.0 Å². The van der Waals surface area contributed by atoms with Gasteiger partial charge in [-0.3, -0.25) is 9.52 Å². The predicted molar refractivity (Wildman–Crippen MR) is 101 cm³/mol. The van der Waals surface area contributed by atoms with Gasteiger partial charge in [-0.05, 0) is 36.1 Å². The molecule has 0 saturated carbocycles. The average Bonchev–Trinajstić information content (AvgIpc) is 2.60. The fourth-order valence-corrected chi connectivity index (χ4v) is 3.32. The zero-order valence-electron chi connectivity index (χ0n) is 14.4. The van der Waals surface area contributed by atoms with Crippen LogP contribution in [0.4, 0.5) is 5.69 Å². The number of anilines is 1. The molecule has 0 unspecified atom stereocenters. The van der Waals surface area contributed by atoms with Crippen LogP contribution in [0.5, 0.6) is 0 Å². The summed E-state index contributed by atoms with van der Waals surface area (Å²) >= 11 is 0. The van der Waals surface area contributed by atoms with Crippen LogP contribution in [0.1, 0.15) is 24.5 Å². The molecule has 0 radical (unpaired) electrons. The van der Waals surface area contributed by atoms with E-state index in [1.54, 1.807) is 24.3 Å². The van der Waals surface area contributed by atoms with E-state index in [-0.39, 0.29) is 18.2 Å². The van der Waals surface area contributed by atoms with Gasteiger partial charge in [0.1, 0.15) is 0 Å². The van der Waals surface area contributed by atoms with Gasteiger partial charge >= 0.3 is 0 Å². The second-order valence-electron chi connectivity index (χ2n) is 5.81. The standard InChI is InChI=1S/C19H24N2O3S/c1-2-16-8-10-17(11-9-16)12-13-19(22)20-14-15-25(23,24)21-18-6-4-3-5-7-18/h3-11,21H,2,12-15H2,1H3,(H,20,22). The number of para-hydroxylation sites is 1. The lowest BCUT2D eigenvalue weighted by atomic mass is 10.1. The van der Waals surface area contributed by atoms with Crippen molar-refractivity contribution >= 4 is 21.6 Å². The highest BCUT2D eigenvalue weighted by Gasteiger charge is 2.11. The third-order valence-corrected chi connectivity index (χ3v) is 5.10. The van der Waals surface area contributed by atoms with Crippen LogP contribution in [0.2, 0.25) is 0 Å². The Labute approximate surface area is 149 Å². The molecule has 0 saturated heterocycles. The van der Waals surface area contributed by atoms with E-state index in [9.17, 15) is 13.2 Å². The van der Waals surface area contributed by atoms with E-state index >= 15 is 0 Å². The maximum Gasteiger partial charge on any atom is 0.234 e. The molecule has 0 fully saturated rings. The van der Waals surface area contributed by atoms with Crippen molar-refractivity contribution in [1.29, 1.82) is 0 Å². The first-order valence-electron chi connectivity index (χ1n) is 8.38. The molecule has 0 aliphatic heterocycles. The Hall–Kier alpha value is -2.34. The average molecular weight is 360 g/mol. The summed E-state index contributed by atoms with van der Waals surface area (Å²) in [6.07, 6.45) is 1.98. The molecule has 134 valence electrons. The highest BCUT2D eigenvalue weighted by atomic mass is 32.2. The number of carbonyl (C=O) groups excluding carboxylic acids is 1. The molecule has 5 nitrogen and oxygen atoms in total. The first kappa shape index (κ1) is 19.0. The van der Waals surface area contributed by atoms with Gasteiger partial charge in [-0.1, -0.05) is 49.4 Å². The second-order valence-corrected chi connectivity index (χ2v) is 7.65. The van der Waals surface area contributed by atoms with Crippen LogP contribution in [-0.2, 0) is 27.7 Å². The van der Waals surface area contributed by atoms with Crippen LogP contribution < -0.4 is 10.0 Å². The number of hydrogen-bond acceptors (Lipinski definition) is 3. The molecule has 0 aliphatic carbocycles. The third-order valence-electron chi connectivity index (χ3n) is 3.81. The molecule has 1 amide bonds. The van der Waals surface area contributed by atoms with Crippen LogP contribution in [0, 0.1) is 0 Å². The van der Waals surface area contributed by atoms with Crippen LogP contribution in [-0.4, -0.2) is 26.6 Å². The summed E-state index contributed by atoms with van der Waals surface area (Å²) in [5.41, 5.74) is 2.89. The minimum absolute atomic E-state index is 0.0930. The SMILES string of the molecule is CCc1ccc(CCC(=O)NCCS(=O)(=O)Nc2ccccc2)cc1. The molecule has 25 heavy (non-hydrogen) atoms. The van der Waals surface area contributed by atoms with E-state index in [1.807, 2.05) is 18.2 Å². The van der Waals surface area contributed by atoms with Gasteiger partial charge < -0.3 is 5.32 Å². The Kier molecular flexibility index (Phi) is 7.01. The lowest BCUT2D eigenvalue weighted by Gasteiger charge is -2.09. The van der Waals surface area contributed by atoms with Crippen molar-refractivity contribution in [2.24, 2.45) is 0 Å². The first-order valence-corrected chi connectivity index (χ1v) is 10.0. The molecule has 2 N–H and O–H groups in total. The van der Waals surface area contributed by atoms with Crippen LogP contribution >= 0.6 is 0 Å². The fraction of sp³-hybridized carbons (Fsp3) is 0.316. The number of amides is 1. The van der Waals surface area contributed by atoms with Crippen molar-refractivity contribution in [3.8, 4) is 0 Å². The van der Waals surface area contributed by atoms with Crippen molar-refractivity contribution in [3.63, 3.8) is 0 Å². The Balaban J connectivity index is 1.70. The van der Waals surface area contributed by atoms with Crippen molar-refractivity contribution in [3.05, 3.63) is 65.7 Å². The van der Waals surface area contributed by atoms with Gasteiger partial charge in [-0.2, -0.15) is 0 Å². The van der Waals surface area contributed by atoms with Gasteiger partial charge in [0.15, 0.2) is 0 Å². The summed E-state index contributed by atoms with van der Waals surface area (Å²) in [6, 6.07) is 16.9. The third kappa shape index (κ3) is 6.97. The quantitative estimate of drug-likeness (QED) is 0.722. The van der Waals surface area contributed by atoms with Crippen LogP contribution in [0.25, 0.3) is 0 Å². The van der Waals surface area contributed by atoms with E-state index in [0.717, 1.165) is 12.0 Å². The van der Waals surface area contributed by atoms with Gasteiger partial charge in [0.25, 0.3) is 0 Å². The smallest absolute Gasteiger partial charge is 0.234 e. The molecule has 6 heteroatoms. The Morgan fingerprint density at radius 2 is 1.60 bits per heavy atom. The molecular weight excluding hydrogens is 336 g/mol. The van der Waals surface area contributed by atoms with E-state index in [4.69, 9.17) is 0 Å². The summed E-state index contributed by atoms with van der Waals surface area (Å²) in [5, 5.41) is 2.66. The van der Waals surface area contributed by atoms with Gasteiger partial charge in [-0.25, -0.2) is 8.42 Å². The van der Waals surface area contributed by atoms with Gasteiger partial charge in [0.05, 0.1) is 5.75 Å². The van der Waals surface area contributed by atoms with Gasteiger partial charge in [0, 0.05) is 18.7 Å². The lowest BCUT2D eigenvalue weighted by Crippen LogP contribution is -2.31. The maximum atomic E-state index is 12.0. The summed E-state index contributed by atoms with van der Waals surface area (Å²) < 4.78 is 26.4. The van der Waals surface area contributed by atoms with Crippen molar-refractivity contribution < 1.29 is 13.2 Å². The van der Waals surface area contributed by atoms with Crippen LogP contribution in [0.15, 0.2) is 54.6 Å². The molecule has 2 aromatic rings. The zero-order chi connectivity index (χ0) is 18.1. The molecule has 0 spiro atoms. The molecule has 2 rings (SSSR count). The minimum Gasteiger partial charge on any atom is -0.355 e. The minimum atomic E-state index is -3.47. The number of benzene rings is 2. The fourth-order valence-electron chi connectivity index (χ4n) is 2.35. The number of rotatable bonds is 9. The highest BCUT2D eigenvalue weighted by molar-refractivity contribution is 7.92. The summed E-state index contributed by atoms with van der Waals surface area (Å²) in [5.74, 6) is -0.298. The molecule has 0 aliphatic rings. The van der Waals surface area contributed by atoms with Crippen LogP contribution in [0.3, 0.4) is 0 Å². The Morgan fingerprint density at radius 3 is 2.24 bits per heavy atom.